The van der Waals surface area contributed by atoms with Crippen molar-refractivity contribution in [3.63, 3.8) is 0 Å². The van der Waals surface area contributed by atoms with E-state index in [1.807, 2.05) is 17.0 Å². The number of nitrogens with one attached hydrogen (secondary N) is 2. The summed E-state index contributed by atoms with van der Waals surface area (Å²) in [7, 11) is 1.69. The van der Waals surface area contributed by atoms with Gasteiger partial charge in [0.2, 0.25) is 5.89 Å². The number of oxazole rings is 1. The Hall–Kier alpha value is -2.61. The molecule has 0 saturated carbocycles. The molecule has 29 heavy (non-hydrogen) atoms. The quantitative estimate of drug-likeness (QED) is 0.591. The second-order valence-corrected chi connectivity index (χ2v) is 8.03. The van der Waals surface area contributed by atoms with Gasteiger partial charge in [-0.3, -0.25) is 4.99 Å². The maximum Gasteiger partial charge on any atom is 0.213 e. The Morgan fingerprint density at radius 3 is 2.55 bits per heavy atom. The fourth-order valence-corrected chi connectivity index (χ4v) is 3.03. The molecular formula is C21H30FN5O2. The Labute approximate surface area is 171 Å². The molecule has 8 heteroatoms. The molecule has 7 nitrogen and oxygen atoms in total. The van der Waals surface area contributed by atoms with Crippen LogP contribution in [0.3, 0.4) is 0 Å². The maximum absolute atomic E-state index is 14.5. The van der Waals surface area contributed by atoms with Crippen molar-refractivity contribution in [2.75, 3.05) is 38.3 Å². The third-order valence-corrected chi connectivity index (χ3v) is 4.75. The second kappa shape index (κ2) is 9.26. The van der Waals surface area contributed by atoms with E-state index in [2.05, 4.69) is 41.4 Å². The molecule has 1 aromatic heterocycles. The first-order chi connectivity index (χ1) is 13.9. The molecule has 2 aromatic rings. The van der Waals surface area contributed by atoms with Gasteiger partial charge in [0.25, 0.3) is 0 Å². The summed E-state index contributed by atoms with van der Waals surface area (Å²) in [5.41, 5.74) is 1.38. The van der Waals surface area contributed by atoms with Crippen molar-refractivity contribution in [1.29, 1.82) is 0 Å². The summed E-state index contributed by atoms with van der Waals surface area (Å²) in [6.45, 7) is 9.79. The van der Waals surface area contributed by atoms with Crippen LogP contribution >= 0.6 is 0 Å². The van der Waals surface area contributed by atoms with Gasteiger partial charge in [-0.05, 0) is 17.7 Å². The van der Waals surface area contributed by atoms with E-state index < -0.39 is 0 Å². The number of ether oxygens (including phenoxy) is 1. The maximum atomic E-state index is 14.5. The molecule has 0 spiro atoms. The zero-order valence-corrected chi connectivity index (χ0v) is 17.6. The molecule has 1 saturated heterocycles. The number of morpholine rings is 1. The van der Waals surface area contributed by atoms with Crippen molar-refractivity contribution in [3.8, 4) is 0 Å². The van der Waals surface area contributed by atoms with Crippen LogP contribution in [-0.4, -0.2) is 44.3 Å². The first kappa shape index (κ1) is 21.1. The molecule has 0 radical (unpaired) electrons. The number of aromatic nitrogens is 1. The molecule has 1 aliphatic heterocycles. The highest BCUT2D eigenvalue weighted by molar-refractivity contribution is 5.79. The third kappa shape index (κ3) is 5.69. The Kier molecular flexibility index (Phi) is 6.74. The average molecular weight is 404 g/mol. The Bertz CT molecular complexity index is 838. The summed E-state index contributed by atoms with van der Waals surface area (Å²) >= 11 is 0. The van der Waals surface area contributed by atoms with E-state index in [0.29, 0.717) is 56.9 Å². The van der Waals surface area contributed by atoms with Crippen molar-refractivity contribution < 1.29 is 13.5 Å². The first-order valence-electron chi connectivity index (χ1n) is 9.87. The van der Waals surface area contributed by atoms with E-state index in [0.717, 1.165) is 11.3 Å². The molecule has 0 amide bonds. The van der Waals surface area contributed by atoms with Crippen molar-refractivity contribution >= 4 is 11.6 Å². The van der Waals surface area contributed by atoms with Crippen LogP contribution in [0.2, 0.25) is 0 Å². The molecule has 0 aliphatic carbocycles. The molecule has 0 atom stereocenters. The fraction of sp³-hybridized carbons (Fsp3) is 0.524. The minimum atomic E-state index is -0.219. The van der Waals surface area contributed by atoms with Crippen LogP contribution in [-0.2, 0) is 23.2 Å². The zero-order chi connectivity index (χ0) is 20.9. The number of halogens is 1. The van der Waals surface area contributed by atoms with Gasteiger partial charge in [-0.1, -0.05) is 26.8 Å². The van der Waals surface area contributed by atoms with Gasteiger partial charge in [0.15, 0.2) is 5.96 Å². The summed E-state index contributed by atoms with van der Waals surface area (Å²) < 4.78 is 25.6. The topological polar surface area (TPSA) is 74.9 Å². The monoisotopic (exact) mass is 403 g/mol. The highest BCUT2D eigenvalue weighted by Gasteiger charge is 2.19. The molecule has 1 aromatic carbocycles. The largest absolute Gasteiger partial charge is 0.443 e. The van der Waals surface area contributed by atoms with E-state index >= 15 is 0 Å². The lowest BCUT2D eigenvalue weighted by Gasteiger charge is -2.29. The van der Waals surface area contributed by atoms with Gasteiger partial charge >= 0.3 is 0 Å². The number of guanidine groups is 1. The molecule has 1 fully saturated rings. The number of benzene rings is 1. The van der Waals surface area contributed by atoms with Crippen LogP contribution < -0.4 is 15.5 Å². The van der Waals surface area contributed by atoms with Gasteiger partial charge in [0.05, 0.1) is 31.6 Å². The lowest BCUT2D eigenvalue weighted by atomic mass is 9.94. The van der Waals surface area contributed by atoms with Crippen LogP contribution in [0.1, 0.15) is 38.0 Å². The average Bonchev–Trinajstić information content (AvgIpc) is 3.18. The zero-order valence-electron chi connectivity index (χ0n) is 17.6. The molecule has 2 N–H and O–H groups in total. The standard InChI is InChI=1S/C21H30FN5O2/c1-21(2,3)18-13-24-19(29-18)14-26-20(23-4)25-12-15-5-6-17(16(22)11-15)27-7-9-28-10-8-27/h5-6,11,13H,7-10,12,14H2,1-4H3,(H2,23,25,26). The Morgan fingerprint density at radius 2 is 1.93 bits per heavy atom. The summed E-state index contributed by atoms with van der Waals surface area (Å²) in [5.74, 6) is 1.81. The summed E-state index contributed by atoms with van der Waals surface area (Å²) in [6.07, 6.45) is 1.76. The highest BCUT2D eigenvalue weighted by Crippen LogP contribution is 2.23. The summed E-state index contributed by atoms with van der Waals surface area (Å²) in [4.78, 5) is 10.5. The van der Waals surface area contributed by atoms with Crippen LogP contribution in [0.4, 0.5) is 10.1 Å². The molecule has 0 bridgehead atoms. The lowest BCUT2D eigenvalue weighted by Crippen LogP contribution is -2.37. The van der Waals surface area contributed by atoms with E-state index in [1.54, 1.807) is 19.3 Å². The SMILES string of the molecule is CN=C(NCc1ccc(N2CCOCC2)c(F)c1)NCc1ncc(C(C)(C)C)o1. The van der Waals surface area contributed by atoms with Gasteiger partial charge in [-0.2, -0.15) is 0 Å². The van der Waals surface area contributed by atoms with Gasteiger partial charge in [-0.25, -0.2) is 9.37 Å². The van der Waals surface area contributed by atoms with Crippen molar-refractivity contribution in [2.45, 2.75) is 39.3 Å². The van der Waals surface area contributed by atoms with Crippen molar-refractivity contribution in [1.82, 2.24) is 15.6 Å². The molecule has 3 rings (SSSR count). The van der Waals surface area contributed by atoms with Crippen LogP contribution in [0.5, 0.6) is 0 Å². The van der Waals surface area contributed by atoms with E-state index in [9.17, 15) is 4.39 Å². The third-order valence-electron chi connectivity index (χ3n) is 4.75. The van der Waals surface area contributed by atoms with E-state index in [1.165, 1.54) is 0 Å². The van der Waals surface area contributed by atoms with Crippen LogP contribution in [0, 0.1) is 5.82 Å². The number of hydrogen-bond donors (Lipinski definition) is 2. The smallest absolute Gasteiger partial charge is 0.213 e. The summed E-state index contributed by atoms with van der Waals surface area (Å²) in [6, 6.07) is 5.32. The predicted octanol–water partition coefficient (Wildman–Crippen LogP) is 2.81. The molecular weight excluding hydrogens is 373 g/mol. The number of aliphatic imine (C=N–C) groups is 1. The normalized spacial score (nSPS) is 15.5. The van der Waals surface area contributed by atoms with E-state index in [-0.39, 0.29) is 11.2 Å². The van der Waals surface area contributed by atoms with Crippen molar-refractivity contribution in [3.05, 3.63) is 47.4 Å². The molecule has 1 aliphatic rings. The Morgan fingerprint density at radius 1 is 1.21 bits per heavy atom. The van der Waals surface area contributed by atoms with Crippen LogP contribution in [0.25, 0.3) is 0 Å². The summed E-state index contributed by atoms with van der Waals surface area (Å²) in [5, 5.41) is 6.35. The molecule has 2 heterocycles. The highest BCUT2D eigenvalue weighted by atomic mass is 19.1. The number of rotatable bonds is 5. The van der Waals surface area contributed by atoms with E-state index in [4.69, 9.17) is 9.15 Å². The number of nitrogens with zero attached hydrogens (tertiary/aromatic N) is 3. The Balaban J connectivity index is 1.52. The first-order valence-corrected chi connectivity index (χ1v) is 9.87. The minimum Gasteiger partial charge on any atom is -0.443 e. The molecule has 158 valence electrons. The lowest BCUT2D eigenvalue weighted by molar-refractivity contribution is 0.122. The minimum absolute atomic E-state index is 0.0807. The van der Waals surface area contributed by atoms with Gasteiger partial charge in [0, 0.05) is 32.1 Å². The van der Waals surface area contributed by atoms with Gasteiger partial charge < -0.3 is 24.7 Å². The fourth-order valence-electron chi connectivity index (χ4n) is 3.03. The second-order valence-electron chi connectivity index (χ2n) is 8.03. The van der Waals surface area contributed by atoms with Gasteiger partial charge in [0.1, 0.15) is 11.6 Å². The van der Waals surface area contributed by atoms with Crippen molar-refractivity contribution in [2.24, 2.45) is 4.99 Å². The number of hydrogen-bond acceptors (Lipinski definition) is 5. The van der Waals surface area contributed by atoms with Gasteiger partial charge in [-0.15, -0.1) is 0 Å². The molecule has 0 unspecified atom stereocenters. The number of anilines is 1. The van der Waals surface area contributed by atoms with Crippen LogP contribution in [0.15, 0.2) is 33.8 Å². The predicted molar refractivity (Wildman–Crippen MR) is 112 cm³/mol.